The van der Waals surface area contributed by atoms with Gasteiger partial charge in [-0.25, -0.2) is 0 Å². The van der Waals surface area contributed by atoms with Gasteiger partial charge < -0.3 is 4.90 Å². The van der Waals surface area contributed by atoms with Crippen LogP contribution in [0.3, 0.4) is 0 Å². The second-order valence-corrected chi connectivity index (χ2v) is 4.88. The van der Waals surface area contributed by atoms with Crippen LogP contribution in [0.2, 0.25) is 0 Å². The minimum Gasteiger partial charge on any atom is -0.343 e. The second-order valence-electron chi connectivity index (χ2n) is 4.09. The molecule has 1 atom stereocenters. The van der Waals surface area contributed by atoms with Gasteiger partial charge in [-0.2, -0.15) is 0 Å². The van der Waals surface area contributed by atoms with E-state index in [2.05, 4.69) is 36.7 Å². The molecule has 0 fully saturated rings. The Bertz CT molecular complexity index is 173. The van der Waals surface area contributed by atoms with Gasteiger partial charge in [-0.1, -0.05) is 36.2 Å². The third kappa shape index (κ3) is 6.93. The van der Waals surface area contributed by atoms with E-state index < -0.39 is 0 Å². The molecule has 1 amide bonds. The molecule has 0 aromatic rings. The fourth-order valence-corrected chi connectivity index (χ4v) is 1.84. The smallest absolute Gasteiger partial charge is 0.222 e. The van der Waals surface area contributed by atoms with Crippen LogP contribution in [-0.4, -0.2) is 29.2 Å². The number of unbranched alkanes of at least 4 members (excludes halogenated alkanes) is 1. The average Bonchev–Trinajstić information content (AvgIpc) is 2.25. The van der Waals surface area contributed by atoms with Crippen LogP contribution in [0.15, 0.2) is 0 Å². The number of hydrogen-bond acceptors (Lipinski definition) is 1. The Kier molecular flexibility index (Phi) is 9.17. The normalized spacial score (nSPS) is 12.5. The highest BCUT2D eigenvalue weighted by Gasteiger charge is 2.13. The molecule has 3 heteroatoms. The summed E-state index contributed by atoms with van der Waals surface area (Å²) in [4.78, 5) is 13.8. The Labute approximate surface area is 103 Å². The van der Waals surface area contributed by atoms with E-state index in [0.717, 1.165) is 37.7 Å². The van der Waals surface area contributed by atoms with Crippen molar-refractivity contribution in [3.05, 3.63) is 0 Å². The number of nitrogens with zero attached hydrogens (tertiary/aromatic N) is 1. The third-order valence-corrected chi connectivity index (χ3v) is 3.30. The molecule has 0 aliphatic carbocycles. The number of rotatable bonds is 8. The van der Waals surface area contributed by atoms with Gasteiger partial charge in [0.25, 0.3) is 0 Å². The number of halogens is 1. The number of carbonyl (C=O) groups is 1. The lowest BCUT2D eigenvalue weighted by molar-refractivity contribution is -0.131. The zero-order valence-electron chi connectivity index (χ0n) is 10.3. The van der Waals surface area contributed by atoms with Crippen molar-refractivity contribution in [1.82, 2.24) is 4.90 Å². The summed E-state index contributed by atoms with van der Waals surface area (Å²) in [6.07, 6.45) is 3.94. The SMILES string of the molecule is CCC(C)CN(CC)C(=O)CCCCBr. The summed E-state index contributed by atoms with van der Waals surface area (Å²) in [6, 6.07) is 0. The number of alkyl halides is 1. The summed E-state index contributed by atoms with van der Waals surface area (Å²) in [5.41, 5.74) is 0. The predicted molar refractivity (Wildman–Crippen MR) is 69.4 cm³/mol. The predicted octanol–water partition coefficient (Wildman–Crippen LogP) is 3.45. The molecule has 0 N–H and O–H groups in total. The lowest BCUT2D eigenvalue weighted by Crippen LogP contribution is -2.34. The van der Waals surface area contributed by atoms with Crippen molar-refractivity contribution < 1.29 is 4.79 Å². The summed E-state index contributed by atoms with van der Waals surface area (Å²) < 4.78 is 0. The molecule has 0 aliphatic rings. The van der Waals surface area contributed by atoms with E-state index in [9.17, 15) is 4.79 Å². The molecular weight excluding hydrogens is 254 g/mol. The molecule has 0 saturated heterocycles. The molecular formula is C12H24BrNO. The van der Waals surface area contributed by atoms with Gasteiger partial charge in [0.05, 0.1) is 0 Å². The molecule has 0 aliphatic heterocycles. The van der Waals surface area contributed by atoms with Gasteiger partial charge in [0.2, 0.25) is 5.91 Å². The Morgan fingerprint density at radius 2 is 2.00 bits per heavy atom. The second kappa shape index (κ2) is 9.20. The molecule has 0 aromatic heterocycles. The fourth-order valence-electron chi connectivity index (χ4n) is 1.44. The highest BCUT2D eigenvalue weighted by atomic mass is 79.9. The Morgan fingerprint density at radius 1 is 1.33 bits per heavy atom. The summed E-state index contributed by atoms with van der Waals surface area (Å²) in [7, 11) is 0. The Morgan fingerprint density at radius 3 is 2.47 bits per heavy atom. The Balaban J connectivity index is 3.88. The van der Waals surface area contributed by atoms with Gasteiger partial charge in [0.15, 0.2) is 0 Å². The van der Waals surface area contributed by atoms with Gasteiger partial charge in [0.1, 0.15) is 0 Å². The van der Waals surface area contributed by atoms with E-state index in [4.69, 9.17) is 0 Å². The first-order valence-corrected chi connectivity index (χ1v) is 7.11. The average molecular weight is 278 g/mol. The molecule has 15 heavy (non-hydrogen) atoms. The first kappa shape index (κ1) is 14.9. The van der Waals surface area contributed by atoms with Crippen LogP contribution in [0.25, 0.3) is 0 Å². The third-order valence-electron chi connectivity index (χ3n) is 2.74. The summed E-state index contributed by atoms with van der Waals surface area (Å²) in [6.45, 7) is 8.20. The van der Waals surface area contributed by atoms with E-state index in [1.54, 1.807) is 0 Å². The van der Waals surface area contributed by atoms with Crippen LogP contribution in [0, 0.1) is 5.92 Å². The molecule has 0 saturated carbocycles. The number of carbonyl (C=O) groups excluding carboxylic acids is 1. The van der Waals surface area contributed by atoms with Crippen LogP contribution in [0.1, 0.15) is 46.5 Å². The van der Waals surface area contributed by atoms with Gasteiger partial charge in [-0.15, -0.1) is 0 Å². The molecule has 90 valence electrons. The van der Waals surface area contributed by atoms with Crippen molar-refractivity contribution in [3.63, 3.8) is 0 Å². The summed E-state index contributed by atoms with van der Waals surface area (Å²) >= 11 is 3.38. The molecule has 2 nitrogen and oxygen atoms in total. The minimum atomic E-state index is 0.318. The topological polar surface area (TPSA) is 20.3 Å². The van der Waals surface area contributed by atoms with Crippen molar-refractivity contribution >= 4 is 21.8 Å². The monoisotopic (exact) mass is 277 g/mol. The first-order valence-electron chi connectivity index (χ1n) is 5.99. The van der Waals surface area contributed by atoms with Gasteiger partial charge in [0, 0.05) is 24.8 Å². The highest BCUT2D eigenvalue weighted by Crippen LogP contribution is 2.08. The van der Waals surface area contributed by atoms with Crippen LogP contribution in [-0.2, 0) is 4.79 Å². The zero-order chi connectivity index (χ0) is 11.7. The molecule has 0 radical (unpaired) electrons. The van der Waals surface area contributed by atoms with Gasteiger partial charge >= 0.3 is 0 Å². The lowest BCUT2D eigenvalue weighted by Gasteiger charge is -2.24. The summed E-state index contributed by atoms with van der Waals surface area (Å²) in [5, 5.41) is 0.998. The lowest BCUT2D eigenvalue weighted by atomic mass is 10.1. The fraction of sp³-hybridized carbons (Fsp3) is 0.917. The summed E-state index contributed by atoms with van der Waals surface area (Å²) in [5.74, 6) is 0.934. The van der Waals surface area contributed by atoms with E-state index >= 15 is 0 Å². The van der Waals surface area contributed by atoms with Crippen molar-refractivity contribution in [3.8, 4) is 0 Å². The van der Waals surface area contributed by atoms with E-state index in [1.807, 2.05) is 4.90 Å². The molecule has 0 aromatic carbocycles. The van der Waals surface area contributed by atoms with Crippen molar-refractivity contribution in [1.29, 1.82) is 0 Å². The number of amides is 1. The van der Waals surface area contributed by atoms with Crippen LogP contribution in [0.4, 0.5) is 0 Å². The molecule has 1 unspecified atom stereocenters. The molecule has 0 rings (SSSR count). The van der Waals surface area contributed by atoms with Gasteiger partial charge in [-0.05, 0) is 25.7 Å². The van der Waals surface area contributed by atoms with Crippen molar-refractivity contribution in [2.24, 2.45) is 5.92 Å². The minimum absolute atomic E-state index is 0.318. The quantitative estimate of drug-likeness (QED) is 0.492. The van der Waals surface area contributed by atoms with Crippen LogP contribution in [0.5, 0.6) is 0 Å². The molecule has 0 heterocycles. The van der Waals surface area contributed by atoms with Crippen molar-refractivity contribution in [2.45, 2.75) is 46.5 Å². The molecule has 0 spiro atoms. The maximum Gasteiger partial charge on any atom is 0.222 e. The molecule has 0 bridgehead atoms. The Hall–Kier alpha value is -0.0500. The van der Waals surface area contributed by atoms with Gasteiger partial charge in [-0.3, -0.25) is 4.79 Å². The zero-order valence-corrected chi connectivity index (χ0v) is 11.8. The number of hydrogen-bond donors (Lipinski definition) is 0. The van der Waals surface area contributed by atoms with Crippen LogP contribution < -0.4 is 0 Å². The maximum absolute atomic E-state index is 11.8. The van der Waals surface area contributed by atoms with Crippen molar-refractivity contribution in [2.75, 3.05) is 18.4 Å². The van der Waals surface area contributed by atoms with E-state index in [-0.39, 0.29) is 0 Å². The van der Waals surface area contributed by atoms with E-state index in [1.165, 1.54) is 0 Å². The van der Waals surface area contributed by atoms with Crippen LogP contribution >= 0.6 is 15.9 Å². The maximum atomic E-state index is 11.8. The highest BCUT2D eigenvalue weighted by molar-refractivity contribution is 9.09. The first-order chi connectivity index (χ1) is 7.15. The van der Waals surface area contributed by atoms with E-state index in [0.29, 0.717) is 18.2 Å². The largest absolute Gasteiger partial charge is 0.343 e. The standard InChI is InChI=1S/C12H24BrNO/c1-4-11(3)10-14(5-2)12(15)8-6-7-9-13/h11H,4-10H2,1-3H3.